The number of esters is 1. The first-order valence-corrected chi connectivity index (χ1v) is 9.58. The molecular formula is C23H28O4. The van der Waals surface area contributed by atoms with Crippen molar-refractivity contribution in [1.29, 1.82) is 0 Å². The van der Waals surface area contributed by atoms with Gasteiger partial charge in [0.1, 0.15) is 11.3 Å². The number of ether oxygens (including phenoxy) is 1. The second-order valence-electron chi connectivity index (χ2n) is 7.24. The molecule has 2 aromatic carbocycles. The van der Waals surface area contributed by atoms with Crippen LogP contribution in [0, 0.1) is 5.92 Å². The van der Waals surface area contributed by atoms with Gasteiger partial charge in [0.2, 0.25) is 0 Å². The number of hydrogen-bond acceptors (Lipinski definition) is 3. The van der Waals surface area contributed by atoms with Gasteiger partial charge in [-0.3, -0.25) is 4.79 Å². The van der Waals surface area contributed by atoms with Crippen LogP contribution in [0.25, 0.3) is 11.1 Å². The van der Waals surface area contributed by atoms with Gasteiger partial charge in [0, 0.05) is 6.42 Å². The van der Waals surface area contributed by atoms with Crippen LogP contribution in [-0.4, -0.2) is 17.0 Å². The molecule has 0 amide bonds. The van der Waals surface area contributed by atoms with E-state index in [1.165, 1.54) is 11.6 Å². The lowest BCUT2D eigenvalue weighted by molar-refractivity contribution is -0.134. The molecule has 0 aliphatic heterocycles. The third-order valence-electron chi connectivity index (χ3n) is 4.35. The number of unbranched alkanes of at least 4 members (excludes halogenated alkanes) is 2. The molecule has 2 aromatic rings. The van der Waals surface area contributed by atoms with E-state index < -0.39 is 11.9 Å². The van der Waals surface area contributed by atoms with Gasteiger partial charge >= 0.3 is 11.9 Å². The Morgan fingerprint density at radius 3 is 2.26 bits per heavy atom. The summed E-state index contributed by atoms with van der Waals surface area (Å²) in [5, 5.41) is 9.38. The van der Waals surface area contributed by atoms with Gasteiger partial charge in [-0.1, -0.05) is 63.9 Å². The number of benzene rings is 2. The summed E-state index contributed by atoms with van der Waals surface area (Å²) < 4.78 is 5.37. The number of carbonyl (C=O) groups is 2. The molecule has 0 radical (unpaired) electrons. The average molecular weight is 368 g/mol. The maximum absolute atomic E-state index is 12.0. The van der Waals surface area contributed by atoms with Crippen LogP contribution in [0.15, 0.2) is 42.5 Å². The van der Waals surface area contributed by atoms with Crippen LogP contribution >= 0.6 is 0 Å². The highest BCUT2D eigenvalue weighted by molar-refractivity contribution is 5.93. The van der Waals surface area contributed by atoms with E-state index in [1.807, 2.05) is 12.1 Å². The van der Waals surface area contributed by atoms with E-state index in [-0.39, 0.29) is 11.3 Å². The Balaban J connectivity index is 2.23. The maximum Gasteiger partial charge on any atom is 0.339 e. The molecule has 0 saturated carbocycles. The van der Waals surface area contributed by atoms with Gasteiger partial charge in [-0.05, 0) is 47.6 Å². The molecule has 1 N–H and O–H groups in total. The average Bonchev–Trinajstić information content (AvgIpc) is 2.62. The molecule has 0 aromatic heterocycles. The SMILES string of the molecule is CCCCCC(=O)Oc1cc(-c2ccc(CC(C)C)cc2)ccc1C(=O)O. The highest BCUT2D eigenvalue weighted by Gasteiger charge is 2.16. The first-order chi connectivity index (χ1) is 12.9. The van der Waals surface area contributed by atoms with Crippen molar-refractivity contribution in [2.75, 3.05) is 0 Å². The Kier molecular flexibility index (Phi) is 7.59. The molecule has 0 heterocycles. The molecule has 0 bridgehead atoms. The van der Waals surface area contributed by atoms with E-state index in [0.29, 0.717) is 12.3 Å². The Hall–Kier alpha value is -2.62. The zero-order valence-corrected chi connectivity index (χ0v) is 16.3. The van der Waals surface area contributed by atoms with Crippen molar-refractivity contribution in [1.82, 2.24) is 0 Å². The van der Waals surface area contributed by atoms with Crippen LogP contribution in [0.5, 0.6) is 5.75 Å². The summed E-state index contributed by atoms with van der Waals surface area (Å²) in [5.74, 6) is -0.808. The highest BCUT2D eigenvalue weighted by atomic mass is 16.5. The molecule has 144 valence electrons. The predicted octanol–water partition coefficient (Wildman–Crippen LogP) is 5.74. The molecule has 0 spiro atoms. The number of carbonyl (C=O) groups excluding carboxylic acids is 1. The smallest absolute Gasteiger partial charge is 0.339 e. The van der Waals surface area contributed by atoms with Gasteiger partial charge in [0.25, 0.3) is 0 Å². The number of aromatic carboxylic acids is 1. The lowest BCUT2D eigenvalue weighted by atomic mass is 9.98. The Morgan fingerprint density at radius 2 is 1.67 bits per heavy atom. The van der Waals surface area contributed by atoms with Crippen molar-refractivity contribution in [2.24, 2.45) is 5.92 Å². The van der Waals surface area contributed by atoms with Gasteiger partial charge in [0.15, 0.2) is 0 Å². The molecule has 2 rings (SSSR count). The van der Waals surface area contributed by atoms with E-state index in [0.717, 1.165) is 36.8 Å². The molecule has 0 aliphatic carbocycles. The topological polar surface area (TPSA) is 63.6 Å². The second-order valence-corrected chi connectivity index (χ2v) is 7.24. The summed E-state index contributed by atoms with van der Waals surface area (Å²) in [4.78, 5) is 23.5. The van der Waals surface area contributed by atoms with Gasteiger partial charge in [-0.25, -0.2) is 4.79 Å². The van der Waals surface area contributed by atoms with Crippen molar-refractivity contribution in [3.05, 3.63) is 53.6 Å². The molecule has 4 heteroatoms. The molecule has 0 fully saturated rings. The van der Waals surface area contributed by atoms with Crippen LogP contribution in [0.2, 0.25) is 0 Å². The number of hydrogen-bond donors (Lipinski definition) is 1. The standard InChI is InChI=1S/C23H28O4/c1-4-5-6-7-22(24)27-21-15-19(12-13-20(21)23(25)26)18-10-8-17(9-11-18)14-16(2)3/h8-13,15-16H,4-7,14H2,1-3H3,(H,25,26). The summed E-state index contributed by atoms with van der Waals surface area (Å²) in [6, 6.07) is 13.1. The molecule has 4 nitrogen and oxygen atoms in total. The fraction of sp³-hybridized carbons (Fsp3) is 0.391. The van der Waals surface area contributed by atoms with Gasteiger partial charge in [-0.15, -0.1) is 0 Å². The van der Waals surface area contributed by atoms with Gasteiger partial charge in [0.05, 0.1) is 0 Å². The first kappa shape index (κ1) is 20.7. The van der Waals surface area contributed by atoms with Crippen molar-refractivity contribution in [3.63, 3.8) is 0 Å². The van der Waals surface area contributed by atoms with E-state index in [1.54, 1.807) is 12.1 Å². The van der Waals surface area contributed by atoms with E-state index in [2.05, 4.69) is 32.9 Å². The fourth-order valence-corrected chi connectivity index (χ4v) is 2.96. The molecule has 27 heavy (non-hydrogen) atoms. The van der Waals surface area contributed by atoms with Crippen molar-refractivity contribution in [2.45, 2.75) is 52.9 Å². The summed E-state index contributed by atoms with van der Waals surface area (Å²) >= 11 is 0. The van der Waals surface area contributed by atoms with E-state index in [9.17, 15) is 14.7 Å². The second kappa shape index (κ2) is 9.91. The van der Waals surface area contributed by atoms with Crippen molar-refractivity contribution >= 4 is 11.9 Å². The summed E-state index contributed by atoms with van der Waals surface area (Å²) in [7, 11) is 0. The summed E-state index contributed by atoms with van der Waals surface area (Å²) in [5.41, 5.74) is 3.05. The van der Waals surface area contributed by atoms with Gasteiger partial charge < -0.3 is 9.84 Å². The van der Waals surface area contributed by atoms with Crippen LogP contribution < -0.4 is 4.74 Å². The molecule has 0 aliphatic rings. The Morgan fingerprint density at radius 1 is 1.00 bits per heavy atom. The maximum atomic E-state index is 12.0. The summed E-state index contributed by atoms with van der Waals surface area (Å²) in [6.07, 6.45) is 4.01. The predicted molar refractivity (Wildman–Crippen MR) is 107 cm³/mol. The van der Waals surface area contributed by atoms with Crippen molar-refractivity contribution in [3.8, 4) is 16.9 Å². The van der Waals surface area contributed by atoms with Crippen LogP contribution in [0.1, 0.15) is 62.4 Å². The Bertz CT molecular complexity index is 775. The highest BCUT2D eigenvalue weighted by Crippen LogP contribution is 2.28. The molecule has 0 saturated heterocycles. The normalized spacial score (nSPS) is 10.8. The zero-order valence-electron chi connectivity index (χ0n) is 16.3. The minimum Gasteiger partial charge on any atom is -0.478 e. The zero-order chi connectivity index (χ0) is 19.8. The number of carboxylic acids is 1. The number of rotatable bonds is 9. The Labute approximate surface area is 161 Å². The monoisotopic (exact) mass is 368 g/mol. The van der Waals surface area contributed by atoms with Crippen molar-refractivity contribution < 1.29 is 19.4 Å². The summed E-state index contributed by atoms with van der Waals surface area (Å²) in [6.45, 7) is 6.42. The van der Waals surface area contributed by atoms with Gasteiger partial charge in [-0.2, -0.15) is 0 Å². The van der Waals surface area contributed by atoms with Crippen LogP contribution in [0.4, 0.5) is 0 Å². The quantitative estimate of drug-likeness (QED) is 0.348. The molecular weight excluding hydrogens is 340 g/mol. The lowest BCUT2D eigenvalue weighted by Crippen LogP contribution is -2.11. The fourth-order valence-electron chi connectivity index (χ4n) is 2.96. The third kappa shape index (κ3) is 6.24. The van der Waals surface area contributed by atoms with E-state index in [4.69, 9.17) is 4.74 Å². The van der Waals surface area contributed by atoms with E-state index >= 15 is 0 Å². The number of carboxylic acid groups (broad SMARTS) is 1. The minimum atomic E-state index is -1.11. The van der Waals surface area contributed by atoms with Crippen LogP contribution in [0.3, 0.4) is 0 Å². The first-order valence-electron chi connectivity index (χ1n) is 9.58. The molecule has 0 unspecified atom stereocenters. The lowest BCUT2D eigenvalue weighted by Gasteiger charge is -2.11. The van der Waals surface area contributed by atoms with Crippen LogP contribution in [-0.2, 0) is 11.2 Å². The minimum absolute atomic E-state index is 0.000908. The third-order valence-corrected chi connectivity index (χ3v) is 4.35. The largest absolute Gasteiger partial charge is 0.478 e. The molecule has 0 atom stereocenters.